The topological polar surface area (TPSA) is 73.9 Å². The molecule has 0 aliphatic carbocycles. The molecule has 1 N–H and O–H groups in total. The lowest BCUT2D eigenvalue weighted by Crippen LogP contribution is -2.39. The third-order valence-electron chi connectivity index (χ3n) is 3.64. The van der Waals surface area contributed by atoms with Gasteiger partial charge in [0.25, 0.3) is 5.91 Å². The van der Waals surface area contributed by atoms with Crippen molar-refractivity contribution < 1.29 is 37.0 Å². The monoisotopic (exact) mass is 411 g/mol. The molecule has 29 heavy (non-hydrogen) atoms. The lowest BCUT2D eigenvalue weighted by molar-refractivity contribution is -0.144. The van der Waals surface area contributed by atoms with Crippen LogP contribution in [0.15, 0.2) is 48.5 Å². The fraction of sp³-hybridized carbons (Fsp3) is 0.300. The summed E-state index contributed by atoms with van der Waals surface area (Å²) in [5, 5.41) is 2.40. The van der Waals surface area contributed by atoms with Gasteiger partial charge in [0.1, 0.15) is 23.8 Å². The van der Waals surface area contributed by atoms with Crippen molar-refractivity contribution in [1.29, 1.82) is 0 Å². The van der Waals surface area contributed by atoms with Crippen molar-refractivity contribution in [1.82, 2.24) is 5.32 Å². The van der Waals surface area contributed by atoms with Crippen molar-refractivity contribution in [3.63, 3.8) is 0 Å². The molecule has 0 saturated carbocycles. The Morgan fingerprint density at radius 2 is 1.48 bits per heavy atom. The van der Waals surface area contributed by atoms with Crippen molar-refractivity contribution in [2.75, 3.05) is 13.2 Å². The zero-order chi connectivity index (χ0) is 21.4. The van der Waals surface area contributed by atoms with Crippen LogP contribution in [0.3, 0.4) is 0 Å². The predicted molar refractivity (Wildman–Crippen MR) is 97.7 cm³/mol. The number of carbonyl (C=O) groups excluding carboxylic acids is 2. The standard InChI is InChI=1S/C20H20F3NO5/c1-3-27-18(25)12-24-19(26)13(2)28-15-8-10-17(11-9-15)29-16-6-4-14(5-7-16)20(21,22)23/h4-11,13H,3,12H2,1-2H3,(H,24,26). The molecule has 0 aliphatic rings. The zero-order valence-electron chi connectivity index (χ0n) is 15.8. The van der Waals surface area contributed by atoms with Crippen LogP contribution < -0.4 is 14.8 Å². The number of rotatable bonds is 8. The molecule has 0 heterocycles. The number of hydrogen-bond acceptors (Lipinski definition) is 5. The number of amides is 1. The summed E-state index contributed by atoms with van der Waals surface area (Å²) in [6.07, 6.45) is -5.26. The molecular formula is C20H20F3NO5. The van der Waals surface area contributed by atoms with Crippen LogP contribution in [-0.4, -0.2) is 31.1 Å². The number of esters is 1. The summed E-state index contributed by atoms with van der Waals surface area (Å²) < 4.78 is 53.4. The van der Waals surface area contributed by atoms with Gasteiger partial charge < -0.3 is 19.5 Å². The van der Waals surface area contributed by atoms with Crippen molar-refractivity contribution in [3.05, 3.63) is 54.1 Å². The minimum Gasteiger partial charge on any atom is -0.481 e. The van der Waals surface area contributed by atoms with E-state index in [1.807, 2.05) is 0 Å². The largest absolute Gasteiger partial charge is 0.481 e. The lowest BCUT2D eigenvalue weighted by atomic mass is 10.2. The highest BCUT2D eigenvalue weighted by Gasteiger charge is 2.30. The van der Waals surface area contributed by atoms with Gasteiger partial charge in [-0.25, -0.2) is 0 Å². The van der Waals surface area contributed by atoms with Gasteiger partial charge in [-0.1, -0.05) is 0 Å². The van der Waals surface area contributed by atoms with Crippen LogP contribution in [0.25, 0.3) is 0 Å². The first kappa shape index (κ1) is 22.1. The first-order valence-electron chi connectivity index (χ1n) is 8.74. The van der Waals surface area contributed by atoms with Crippen LogP contribution in [0.4, 0.5) is 13.2 Å². The van der Waals surface area contributed by atoms with Crippen molar-refractivity contribution in [2.24, 2.45) is 0 Å². The number of alkyl halides is 3. The van der Waals surface area contributed by atoms with E-state index in [1.165, 1.54) is 19.1 Å². The molecule has 2 aromatic rings. The fourth-order valence-corrected chi connectivity index (χ4v) is 2.21. The molecule has 9 heteroatoms. The molecule has 1 unspecified atom stereocenters. The Kier molecular flexibility index (Phi) is 7.46. The zero-order valence-corrected chi connectivity index (χ0v) is 15.8. The van der Waals surface area contributed by atoms with Crippen molar-refractivity contribution in [3.8, 4) is 17.2 Å². The van der Waals surface area contributed by atoms with Crippen LogP contribution in [0, 0.1) is 0 Å². The van der Waals surface area contributed by atoms with Gasteiger partial charge in [-0.15, -0.1) is 0 Å². The molecule has 0 saturated heterocycles. The second-order valence-corrected chi connectivity index (χ2v) is 5.88. The van der Waals surface area contributed by atoms with Crippen LogP contribution in [-0.2, 0) is 20.5 Å². The first-order valence-corrected chi connectivity index (χ1v) is 8.74. The molecule has 0 aromatic heterocycles. The second-order valence-electron chi connectivity index (χ2n) is 5.88. The summed E-state index contributed by atoms with van der Waals surface area (Å²) in [5.74, 6) is -0.0144. The Balaban J connectivity index is 1.88. The van der Waals surface area contributed by atoms with E-state index in [9.17, 15) is 22.8 Å². The molecule has 156 valence electrons. The molecule has 0 fully saturated rings. The van der Waals surface area contributed by atoms with Gasteiger partial charge in [-0.05, 0) is 62.4 Å². The number of ether oxygens (including phenoxy) is 3. The Morgan fingerprint density at radius 1 is 0.966 bits per heavy atom. The van der Waals surface area contributed by atoms with Crippen molar-refractivity contribution in [2.45, 2.75) is 26.1 Å². The molecule has 0 spiro atoms. The van der Waals surface area contributed by atoms with E-state index >= 15 is 0 Å². The summed E-state index contributed by atoms with van der Waals surface area (Å²) in [6, 6.07) is 10.5. The SMILES string of the molecule is CCOC(=O)CNC(=O)C(C)Oc1ccc(Oc2ccc(C(F)(F)F)cc2)cc1. The Bertz CT molecular complexity index is 820. The van der Waals surface area contributed by atoms with Gasteiger partial charge in [0.15, 0.2) is 6.10 Å². The van der Waals surface area contributed by atoms with Gasteiger partial charge in [0, 0.05) is 0 Å². The van der Waals surface area contributed by atoms with E-state index in [-0.39, 0.29) is 18.9 Å². The van der Waals surface area contributed by atoms with Crippen LogP contribution in [0.1, 0.15) is 19.4 Å². The van der Waals surface area contributed by atoms with Gasteiger partial charge in [0.05, 0.1) is 12.2 Å². The highest BCUT2D eigenvalue weighted by atomic mass is 19.4. The lowest BCUT2D eigenvalue weighted by Gasteiger charge is -2.15. The van der Waals surface area contributed by atoms with E-state index in [4.69, 9.17) is 14.2 Å². The summed E-state index contributed by atoms with van der Waals surface area (Å²) in [7, 11) is 0. The molecular weight excluding hydrogens is 391 g/mol. The minimum absolute atomic E-state index is 0.224. The highest BCUT2D eigenvalue weighted by Crippen LogP contribution is 2.31. The Morgan fingerprint density at radius 3 is 2.00 bits per heavy atom. The normalized spacial score (nSPS) is 12.0. The molecule has 1 amide bonds. The number of halogens is 3. The van der Waals surface area contributed by atoms with Crippen LogP contribution >= 0.6 is 0 Å². The molecule has 0 aliphatic heterocycles. The smallest absolute Gasteiger partial charge is 0.416 e. The number of benzene rings is 2. The third-order valence-corrected chi connectivity index (χ3v) is 3.64. The minimum atomic E-state index is -4.41. The summed E-state index contributed by atoms with van der Waals surface area (Å²) >= 11 is 0. The van der Waals surface area contributed by atoms with E-state index in [2.05, 4.69) is 5.32 Å². The Labute approximate surface area is 165 Å². The van der Waals surface area contributed by atoms with Gasteiger partial charge in [-0.3, -0.25) is 9.59 Å². The number of hydrogen-bond donors (Lipinski definition) is 1. The van der Waals surface area contributed by atoms with E-state index in [0.29, 0.717) is 11.5 Å². The van der Waals surface area contributed by atoms with Crippen LogP contribution in [0.2, 0.25) is 0 Å². The highest BCUT2D eigenvalue weighted by molar-refractivity contribution is 5.84. The number of nitrogens with one attached hydrogen (secondary N) is 1. The van der Waals surface area contributed by atoms with E-state index in [1.54, 1.807) is 31.2 Å². The fourth-order valence-electron chi connectivity index (χ4n) is 2.21. The maximum Gasteiger partial charge on any atom is 0.416 e. The maximum atomic E-state index is 12.6. The number of carbonyl (C=O) groups is 2. The first-order chi connectivity index (χ1) is 13.7. The summed E-state index contributed by atoms with van der Waals surface area (Å²) in [5.41, 5.74) is -0.760. The maximum absolute atomic E-state index is 12.6. The second kappa shape index (κ2) is 9.81. The predicted octanol–water partition coefficient (Wildman–Crippen LogP) is 3.94. The van der Waals surface area contributed by atoms with Gasteiger partial charge in [0.2, 0.25) is 0 Å². The average molecular weight is 411 g/mol. The van der Waals surface area contributed by atoms with Crippen molar-refractivity contribution >= 4 is 11.9 Å². The quantitative estimate of drug-likeness (QED) is 0.666. The Hall–Kier alpha value is -3.23. The molecule has 2 rings (SSSR count). The van der Waals surface area contributed by atoms with Gasteiger partial charge in [-0.2, -0.15) is 13.2 Å². The molecule has 2 aromatic carbocycles. The van der Waals surface area contributed by atoms with Gasteiger partial charge >= 0.3 is 12.1 Å². The van der Waals surface area contributed by atoms with E-state index in [0.717, 1.165) is 12.1 Å². The van der Waals surface area contributed by atoms with E-state index < -0.39 is 29.7 Å². The molecule has 1 atom stereocenters. The summed E-state index contributed by atoms with van der Waals surface area (Å²) in [4.78, 5) is 23.1. The van der Waals surface area contributed by atoms with Crippen LogP contribution in [0.5, 0.6) is 17.2 Å². The third kappa shape index (κ3) is 7.02. The average Bonchev–Trinajstić information content (AvgIpc) is 2.67. The summed E-state index contributed by atoms with van der Waals surface area (Å²) in [6.45, 7) is 3.16. The molecule has 0 radical (unpaired) electrons. The molecule has 6 nitrogen and oxygen atoms in total. The molecule has 0 bridgehead atoms.